The van der Waals surface area contributed by atoms with Gasteiger partial charge in [0.25, 0.3) is 0 Å². The monoisotopic (exact) mass is 684 g/mol. The quantitative estimate of drug-likeness (QED) is 0.158. The van der Waals surface area contributed by atoms with Gasteiger partial charge in [-0.2, -0.15) is 10.2 Å². The molecule has 254 valence electrons. The van der Waals surface area contributed by atoms with E-state index in [0.29, 0.717) is 18.5 Å². The maximum atomic E-state index is 15.0. The van der Waals surface area contributed by atoms with Gasteiger partial charge in [-0.1, -0.05) is 24.3 Å². The number of hydrogen-bond donors (Lipinski definition) is 0. The Labute approximate surface area is 287 Å². The molecule has 2 aliphatic rings. The molecular formula is C36H38F2N8O2S. The second-order valence-electron chi connectivity index (χ2n) is 12.5. The lowest BCUT2D eigenvalue weighted by Gasteiger charge is -2.37. The average molecular weight is 685 g/mol. The van der Waals surface area contributed by atoms with Crippen LogP contribution in [-0.4, -0.2) is 60.7 Å². The SMILES string of the molecule is C=CC(C)n1ncn(-c2ccc(N3CCN(c4ccc(CSC5CCC(Cn6cncn6)(c6ccc(F)cc6F)O5)cc4)CC3)cc2)c1=O. The number of hydrogen-bond acceptors (Lipinski definition) is 8. The smallest absolute Gasteiger partial charge is 0.350 e. The highest BCUT2D eigenvalue weighted by atomic mass is 32.2. The molecule has 49 heavy (non-hydrogen) atoms. The van der Waals surface area contributed by atoms with Gasteiger partial charge in [-0.15, -0.1) is 18.3 Å². The van der Waals surface area contributed by atoms with E-state index in [9.17, 15) is 13.6 Å². The molecule has 3 aromatic carbocycles. The van der Waals surface area contributed by atoms with Crippen LogP contribution in [0.4, 0.5) is 20.2 Å². The average Bonchev–Trinajstić information content (AvgIpc) is 3.88. The van der Waals surface area contributed by atoms with Gasteiger partial charge in [0.2, 0.25) is 0 Å². The number of ether oxygens (including phenoxy) is 1. The standard InChI is InChI=1S/C36H38F2N8O2S/c1-3-26(2)46-35(47)45(25-41-46)31-11-9-30(10-12-31)43-18-16-42(17-19-43)29-7-4-27(5-8-29)21-49-34-14-15-36(48-34,22-44-24-39-23-40-44)32-13-6-28(37)20-33(32)38/h3-13,20,23-26,34H,1,14-19,21-22H2,2H3. The second-order valence-corrected chi connectivity index (χ2v) is 13.6. The second kappa shape index (κ2) is 14.0. The summed E-state index contributed by atoms with van der Waals surface area (Å²) in [6, 6.07) is 20.2. The van der Waals surface area contributed by atoms with Gasteiger partial charge in [0, 0.05) is 54.9 Å². The first kappa shape index (κ1) is 32.8. The summed E-state index contributed by atoms with van der Waals surface area (Å²) < 4.78 is 39.8. The predicted octanol–water partition coefficient (Wildman–Crippen LogP) is 5.94. The minimum atomic E-state index is -0.953. The molecule has 13 heteroatoms. The molecule has 0 radical (unpaired) electrons. The van der Waals surface area contributed by atoms with Crippen LogP contribution in [0.15, 0.2) is 103 Å². The summed E-state index contributed by atoms with van der Waals surface area (Å²) in [5.74, 6) is -0.478. The Morgan fingerprint density at radius 1 is 0.959 bits per heavy atom. The number of aromatic nitrogens is 6. The van der Waals surface area contributed by atoms with E-state index in [-0.39, 0.29) is 17.2 Å². The maximum Gasteiger partial charge on any atom is 0.350 e. The van der Waals surface area contributed by atoms with Crippen molar-refractivity contribution in [2.75, 3.05) is 36.0 Å². The van der Waals surface area contributed by atoms with Crippen molar-refractivity contribution < 1.29 is 13.5 Å². The number of nitrogens with zero attached hydrogens (tertiary/aromatic N) is 8. The molecule has 3 unspecified atom stereocenters. The zero-order valence-electron chi connectivity index (χ0n) is 27.2. The van der Waals surface area contributed by atoms with E-state index in [1.165, 1.54) is 34.4 Å². The summed E-state index contributed by atoms with van der Waals surface area (Å²) in [7, 11) is 0. The van der Waals surface area contributed by atoms with Crippen molar-refractivity contribution in [3.63, 3.8) is 0 Å². The summed E-state index contributed by atoms with van der Waals surface area (Å²) >= 11 is 1.69. The summed E-state index contributed by atoms with van der Waals surface area (Å²) in [5.41, 5.74) is 3.32. The zero-order chi connectivity index (χ0) is 34.0. The zero-order valence-corrected chi connectivity index (χ0v) is 28.1. The van der Waals surface area contributed by atoms with Crippen molar-refractivity contribution in [2.45, 2.75) is 49.1 Å². The third-order valence-electron chi connectivity index (χ3n) is 9.38. The van der Waals surface area contributed by atoms with Crippen molar-refractivity contribution >= 4 is 23.1 Å². The van der Waals surface area contributed by atoms with Gasteiger partial charge in [-0.25, -0.2) is 32.5 Å². The molecule has 2 fully saturated rings. The fourth-order valence-electron chi connectivity index (χ4n) is 6.58. The molecule has 0 saturated carbocycles. The van der Waals surface area contributed by atoms with Crippen LogP contribution in [0.2, 0.25) is 0 Å². The summed E-state index contributed by atoms with van der Waals surface area (Å²) in [5, 5.41) is 8.43. The molecular weight excluding hydrogens is 647 g/mol. The maximum absolute atomic E-state index is 15.0. The normalized spacial score (nSPS) is 20.1. The van der Waals surface area contributed by atoms with Crippen LogP contribution in [0.5, 0.6) is 0 Å². The van der Waals surface area contributed by atoms with Crippen molar-refractivity contribution in [1.29, 1.82) is 0 Å². The molecule has 0 amide bonds. The Kier molecular flexibility index (Phi) is 9.37. The van der Waals surface area contributed by atoms with Crippen molar-refractivity contribution in [3.8, 4) is 5.69 Å². The van der Waals surface area contributed by atoms with Gasteiger partial charge in [-0.3, -0.25) is 0 Å². The van der Waals surface area contributed by atoms with Gasteiger partial charge in [0.05, 0.1) is 18.3 Å². The number of halogens is 2. The molecule has 0 N–H and O–H groups in total. The summed E-state index contributed by atoms with van der Waals surface area (Å²) in [4.78, 5) is 21.5. The molecule has 2 aliphatic heterocycles. The van der Waals surface area contributed by atoms with Crippen molar-refractivity contribution in [1.82, 2.24) is 29.1 Å². The fraction of sp³-hybridized carbons (Fsp3) is 0.333. The molecule has 5 aromatic rings. The van der Waals surface area contributed by atoms with E-state index in [1.807, 2.05) is 19.1 Å². The van der Waals surface area contributed by atoms with Crippen LogP contribution in [0.3, 0.4) is 0 Å². The highest BCUT2D eigenvalue weighted by Gasteiger charge is 2.44. The van der Waals surface area contributed by atoms with Gasteiger partial charge in [0.1, 0.15) is 41.7 Å². The molecule has 10 nitrogen and oxygen atoms in total. The first-order chi connectivity index (χ1) is 23.8. The molecule has 2 aromatic heterocycles. The number of rotatable bonds is 11. The Morgan fingerprint density at radius 2 is 1.63 bits per heavy atom. The predicted molar refractivity (Wildman–Crippen MR) is 187 cm³/mol. The molecule has 0 spiro atoms. The van der Waals surface area contributed by atoms with Gasteiger partial charge >= 0.3 is 5.69 Å². The van der Waals surface area contributed by atoms with E-state index in [2.05, 4.69) is 68.0 Å². The van der Waals surface area contributed by atoms with E-state index in [4.69, 9.17) is 4.74 Å². The number of thioether (sulfide) groups is 1. The third kappa shape index (κ3) is 6.90. The van der Waals surface area contributed by atoms with Gasteiger partial charge in [0.15, 0.2) is 0 Å². The Balaban J connectivity index is 0.927. The Morgan fingerprint density at radius 3 is 2.27 bits per heavy atom. The van der Waals surface area contributed by atoms with Crippen LogP contribution in [0.1, 0.15) is 36.9 Å². The molecule has 2 saturated heterocycles. The minimum Gasteiger partial charge on any atom is -0.368 e. The van der Waals surface area contributed by atoms with Gasteiger partial charge in [-0.05, 0) is 67.8 Å². The molecule has 3 atom stereocenters. The van der Waals surface area contributed by atoms with Crippen LogP contribution in [0.25, 0.3) is 5.69 Å². The summed E-state index contributed by atoms with van der Waals surface area (Å²) in [6.45, 7) is 9.49. The van der Waals surface area contributed by atoms with E-state index >= 15 is 0 Å². The van der Waals surface area contributed by atoms with E-state index in [1.54, 1.807) is 39.7 Å². The van der Waals surface area contributed by atoms with Crippen LogP contribution < -0.4 is 15.5 Å². The minimum absolute atomic E-state index is 0.144. The topological polar surface area (TPSA) is 86.2 Å². The lowest BCUT2D eigenvalue weighted by atomic mass is 9.90. The third-order valence-corrected chi connectivity index (χ3v) is 10.6. The van der Waals surface area contributed by atoms with Crippen molar-refractivity contribution in [2.24, 2.45) is 0 Å². The first-order valence-corrected chi connectivity index (χ1v) is 17.4. The largest absolute Gasteiger partial charge is 0.368 e. The number of anilines is 2. The number of allylic oxidation sites excluding steroid dienone is 1. The summed E-state index contributed by atoms with van der Waals surface area (Å²) in [6.07, 6.45) is 7.58. The van der Waals surface area contributed by atoms with Crippen LogP contribution >= 0.6 is 11.8 Å². The Bertz CT molecular complexity index is 1940. The van der Waals surface area contributed by atoms with Crippen LogP contribution in [0, 0.1) is 11.6 Å². The number of piperazine rings is 1. The Hall–Kier alpha value is -4.75. The first-order valence-electron chi connectivity index (χ1n) is 16.4. The van der Waals surface area contributed by atoms with Crippen LogP contribution in [-0.2, 0) is 22.6 Å². The highest BCUT2D eigenvalue weighted by Crippen LogP contribution is 2.45. The van der Waals surface area contributed by atoms with Gasteiger partial charge < -0.3 is 14.5 Å². The molecule has 4 heterocycles. The fourth-order valence-corrected chi connectivity index (χ4v) is 7.69. The highest BCUT2D eigenvalue weighted by molar-refractivity contribution is 7.99. The van der Waals surface area contributed by atoms with Crippen molar-refractivity contribution in [3.05, 3.63) is 132 Å². The van der Waals surface area contributed by atoms with E-state index < -0.39 is 17.2 Å². The molecule has 0 aliphatic carbocycles. The lowest BCUT2D eigenvalue weighted by molar-refractivity contribution is -0.0317. The van der Waals surface area contributed by atoms with E-state index in [0.717, 1.165) is 55.8 Å². The number of benzene rings is 3. The molecule has 7 rings (SSSR count). The lowest BCUT2D eigenvalue weighted by Crippen LogP contribution is -2.46. The molecule has 0 bridgehead atoms.